The molecule has 0 bridgehead atoms. The molecule has 292 valence electrons. The van der Waals surface area contributed by atoms with Crippen LogP contribution in [0.4, 0.5) is 0 Å². The van der Waals surface area contributed by atoms with Gasteiger partial charge in [0.05, 0.1) is 31.9 Å². The number of ether oxygens (including phenoxy) is 3. The normalized spacial score (nSPS) is 14.7. The van der Waals surface area contributed by atoms with E-state index in [0.717, 1.165) is 5.56 Å². The van der Waals surface area contributed by atoms with Crippen LogP contribution >= 0.6 is 0 Å². The Kier molecular flexibility index (Phi) is 16.7. The lowest BCUT2D eigenvalue weighted by Crippen LogP contribution is -2.61. The third-order valence-corrected chi connectivity index (χ3v) is 8.85. The van der Waals surface area contributed by atoms with E-state index < -0.39 is 70.3 Å². The Morgan fingerprint density at radius 1 is 0.846 bits per heavy atom. The molecule has 0 spiro atoms. The molecule has 0 aromatic heterocycles. The monoisotopic (exact) mass is 730 g/mol. The van der Waals surface area contributed by atoms with Crippen LogP contribution in [0.1, 0.15) is 105 Å². The molecular formula is C39H62N4O9. The van der Waals surface area contributed by atoms with Crippen molar-refractivity contribution in [2.45, 2.75) is 124 Å². The molecule has 0 radical (unpaired) electrons. The van der Waals surface area contributed by atoms with Crippen LogP contribution in [0.5, 0.6) is 0 Å². The molecule has 1 unspecified atom stereocenters. The summed E-state index contributed by atoms with van der Waals surface area (Å²) >= 11 is 0. The summed E-state index contributed by atoms with van der Waals surface area (Å²) in [6, 6.07) is 3.58. The summed E-state index contributed by atoms with van der Waals surface area (Å²) in [4.78, 5) is 79.6. The largest absolute Gasteiger partial charge is 0.469 e. The van der Waals surface area contributed by atoms with Crippen molar-refractivity contribution < 1.29 is 43.0 Å². The molecule has 4 atom stereocenters. The van der Waals surface area contributed by atoms with Gasteiger partial charge in [0.15, 0.2) is 0 Å². The lowest BCUT2D eigenvalue weighted by molar-refractivity contribution is -0.146. The van der Waals surface area contributed by atoms with E-state index in [0.29, 0.717) is 5.56 Å². The molecule has 1 rings (SSSR count). The van der Waals surface area contributed by atoms with Gasteiger partial charge in [-0.05, 0) is 70.2 Å². The summed E-state index contributed by atoms with van der Waals surface area (Å²) in [6.07, 6.45) is 1.53. The molecular weight excluding hydrogens is 668 g/mol. The number of hydrogen-bond donors (Lipinski definition) is 3. The highest BCUT2D eigenvalue weighted by Gasteiger charge is 2.42. The summed E-state index contributed by atoms with van der Waals surface area (Å²) in [5, 5.41) is 8.74. The number of esters is 3. The average molecular weight is 731 g/mol. The van der Waals surface area contributed by atoms with Crippen LogP contribution in [0.25, 0.3) is 0 Å². The van der Waals surface area contributed by atoms with Crippen LogP contribution in [-0.4, -0.2) is 98.6 Å². The van der Waals surface area contributed by atoms with E-state index in [1.54, 1.807) is 72.1 Å². The van der Waals surface area contributed by atoms with Gasteiger partial charge < -0.3 is 35.1 Å². The highest BCUT2D eigenvalue weighted by atomic mass is 16.6. The number of amides is 3. The number of carbonyl (C=O) groups is 6. The van der Waals surface area contributed by atoms with Crippen LogP contribution < -0.4 is 16.0 Å². The fraction of sp³-hybridized carbons (Fsp3) is 0.641. The van der Waals surface area contributed by atoms with Gasteiger partial charge >= 0.3 is 17.9 Å². The fourth-order valence-corrected chi connectivity index (χ4v) is 5.69. The van der Waals surface area contributed by atoms with Gasteiger partial charge in [0, 0.05) is 24.5 Å². The predicted octanol–water partition coefficient (Wildman–Crippen LogP) is 4.08. The molecule has 0 aliphatic heterocycles. The smallest absolute Gasteiger partial charge is 0.338 e. The first-order valence-corrected chi connectivity index (χ1v) is 17.5. The molecule has 13 heteroatoms. The highest BCUT2D eigenvalue weighted by Crippen LogP contribution is 2.30. The minimum Gasteiger partial charge on any atom is -0.469 e. The van der Waals surface area contributed by atoms with Crippen molar-refractivity contribution in [2.24, 2.45) is 11.3 Å². The Morgan fingerprint density at radius 3 is 1.85 bits per heavy atom. The molecule has 0 fully saturated rings. The molecule has 0 saturated carbocycles. The van der Waals surface area contributed by atoms with Crippen molar-refractivity contribution in [3.05, 3.63) is 47.0 Å². The molecule has 3 N–H and O–H groups in total. The SMILES string of the molecule is CN[C@H](C(=O)NC(C(=O)N(C)[C@H](/C=C(\C)C(=O)N[C@H](CCC(=O)OC)C(=O)OC)C(C)C)C(C)(C)C)C(C)(C)c1ccc(C(=O)OC(C)(C)C)cc1. The molecule has 0 saturated heterocycles. The fourth-order valence-electron chi connectivity index (χ4n) is 5.69. The maximum Gasteiger partial charge on any atom is 0.338 e. The standard InChI is InChI=1S/C39H62N4O9/c1-23(2)28(22-24(3)32(45)41-27(36(49)51-15)20-21-29(44)50-14)43(13)34(47)31(37(4,5)6)42-33(46)30(40-12)39(10,11)26-18-16-25(17-19-26)35(48)52-38(7,8)9/h16-19,22-23,27-28,30-31,40H,20-21H2,1-15H3,(H,41,45)(H,42,46)/b24-22+/t27-,28-,30-,31?/m1/s1. The van der Waals surface area contributed by atoms with E-state index in [4.69, 9.17) is 9.47 Å². The molecule has 0 heterocycles. The summed E-state index contributed by atoms with van der Waals surface area (Å²) in [6.45, 7) is 20.2. The van der Waals surface area contributed by atoms with Gasteiger partial charge in [0.1, 0.15) is 17.7 Å². The van der Waals surface area contributed by atoms with Crippen molar-refractivity contribution in [1.82, 2.24) is 20.9 Å². The minimum atomic E-state index is -1.08. The molecule has 13 nitrogen and oxygen atoms in total. The summed E-state index contributed by atoms with van der Waals surface area (Å²) in [5.74, 6) is -3.14. The number of rotatable bonds is 16. The average Bonchev–Trinajstić information content (AvgIpc) is 3.05. The van der Waals surface area contributed by atoms with Crippen LogP contribution in [0.3, 0.4) is 0 Å². The van der Waals surface area contributed by atoms with Crippen molar-refractivity contribution in [2.75, 3.05) is 28.3 Å². The summed E-state index contributed by atoms with van der Waals surface area (Å²) in [7, 11) is 5.72. The van der Waals surface area contributed by atoms with E-state index in [2.05, 4.69) is 20.7 Å². The molecule has 0 aliphatic rings. The molecule has 52 heavy (non-hydrogen) atoms. The number of nitrogens with zero attached hydrogens (tertiary/aromatic N) is 1. The topological polar surface area (TPSA) is 169 Å². The molecule has 1 aromatic carbocycles. The highest BCUT2D eigenvalue weighted by molar-refractivity contribution is 5.96. The summed E-state index contributed by atoms with van der Waals surface area (Å²) in [5.41, 5.74) is -0.676. The Hall–Kier alpha value is -4.26. The predicted molar refractivity (Wildman–Crippen MR) is 199 cm³/mol. The van der Waals surface area contributed by atoms with Crippen molar-refractivity contribution in [1.29, 1.82) is 0 Å². The Labute approximate surface area is 310 Å². The van der Waals surface area contributed by atoms with Gasteiger partial charge in [-0.3, -0.25) is 19.2 Å². The van der Waals surface area contributed by atoms with Crippen LogP contribution in [-0.2, 0) is 43.6 Å². The Bertz CT molecular complexity index is 1450. The maximum absolute atomic E-state index is 14.2. The number of carbonyl (C=O) groups excluding carboxylic acids is 6. The lowest BCUT2D eigenvalue weighted by atomic mass is 9.76. The van der Waals surface area contributed by atoms with Crippen LogP contribution in [0.2, 0.25) is 0 Å². The van der Waals surface area contributed by atoms with E-state index in [1.165, 1.54) is 19.1 Å². The first kappa shape index (κ1) is 45.8. The van der Waals surface area contributed by atoms with Crippen LogP contribution in [0, 0.1) is 11.3 Å². The Balaban J connectivity index is 3.32. The van der Waals surface area contributed by atoms with Gasteiger partial charge in [-0.2, -0.15) is 0 Å². The number of methoxy groups -OCH3 is 2. The van der Waals surface area contributed by atoms with Crippen molar-refractivity contribution >= 4 is 35.6 Å². The van der Waals surface area contributed by atoms with E-state index in [-0.39, 0.29) is 30.2 Å². The van der Waals surface area contributed by atoms with Gasteiger partial charge in [0.25, 0.3) is 0 Å². The third-order valence-electron chi connectivity index (χ3n) is 8.85. The first-order chi connectivity index (χ1) is 23.8. The second-order valence-corrected chi connectivity index (χ2v) is 16.0. The number of nitrogens with one attached hydrogen (secondary N) is 3. The molecule has 1 aromatic rings. The van der Waals surface area contributed by atoms with E-state index in [1.807, 2.05) is 48.5 Å². The molecule has 3 amide bonds. The van der Waals surface area contributed by atoms with Crippen molar-refractivity contribution in [3.8, 4) is 0 Å². The van der Waals surface area contributed by atoms with Crippen molar-refractivity contribution in [3.63, 3.8) is 0 Å². The zero-order valence-corrected chi connectivity index (χ0v) is 33.8. The summed E-state index contributed by atoms with van der Waals surface area (Å²) < 4.78 is 14.9. The van der Waals surface area contributed by atoms with Crippen LogP contribution in [0.15, 0.2) is 35.9 Å². The number of benzene rings is 1. The van der Waals surface area contributed by atoms with E-state index >= 15 is 0 Å². The second-order valence-electron chi connectivity index (χ2n) is 16.0. The number of hydrogen-bond acceptors (Lipinski definition) is 10. The maximum atomic E-state index is 14.2. The quantitative estimate of drug-likeness (QED) is 0.128. The molecule has 0 aliphatic carbocycles. The van der Waals surface area contributed by atoms with Gasteiger partial charge in [-0.15, -0.1) is 0 Å². The van der Waals surface area contributed by atoms with Gasteiger partial charge in [-0.1, -0.05) is 66.7 Å². The second kappa shape index (κ2) is 19.0. The number of likely N-dealkylation sites (N-methyl/N-ethyl adjacent to an activating group) is 2. The van der Waals surface area contributed by atoms with Gasteiger partial charge in [-0.25, -0.2) is 9.59 Å². The Morgan fingerprint density at radius 2 is 1.40 bits per heavy atom. The lowest BCUT2D eigenvalue weighted by Gasteiger charge is -2.40. The zero-order valence-electron chi connectivity index (χ0n) is 33.8. The first-order valence-electron chi connectivity index (χ1n) is 17.5. The van der Waals surface area contributed by atoms with Gasteiger partial charge in [0.2, 0.25) is 17.7 Å². The zero-order chi connectivity index (χ0) is 40.4. The minimum absolute atomic E-state index is 0.0147. The third kappa shape index (κ3) is 13.1. The van der Waals surface area contributed by atoms with E-state index in [9.17, 15) is 28.8 Å².